The number of halogens is 4. The van der Waals surface area contributed by atoms with E-state index >= 15 is 0 Å². The molecule has 0 N–H and O–H groups in total. The lowest BCUT2D eigenvalue weighted by Crippen LogP contribution is -2.05. The number of rotatable bonds is 3. The van der Waals surface area contributed by atoms with Gasteiger partial charge in [0.15, 0.2) is 5.78 Å². The van der Waals surface area contributed by atoms with Crippen molar-refractivity contribution in [3.8, 4) is 5.75 Å². The second-order valence-corrected chi connectivity index (χ2v) is 4.71. The highest BCUT2D eigenvalue weighted by atomic mass is 127. The molecule has 0 unspecified atom stereocenters. The molecule has 1 rings (SSSR count). The van der Waals surface area contributed by atoms with Gasteiger partial charge in [-0.15, -0.1) is 0 Å². The van der Waals surface area contributed by atoms with Crippen molar-refractivity contribution in [1.82, 2.24) is 0 Å². The first-order chi connectivity index (χ1) is 6.91. The van der Waals surface area contributed by atoms with Crippen molar-refractivity contribution >= 4 is 44.3 Å². The van der Waals surface area contributed by atoms with Gasteiger partial charge >= 0.3 is 6.61 Å². The molecule has 0 amide bonds. The summed E-state index contributed by atoms with van der Waals surface area (Å²) in [5, 5.41) is 0. The number of hydrogen-bond donors (Lipinski definition) is 0. The predicted octanol–water partition coefficient (Wildman–Crippen LogP) is 3.86. The van der Waals surface area contributed by atoms with E-state index in [4.69, 9.17) is 0 Å². The van der Waals surface area contributed by atoms with Crippen LogP contribution < -0.4 is 4.74 Å². The van der Waals surface area contributed by atoms with Gasteiger partial charge in [-0.25, -0.2) is 0 Å². The predicted molar refractivity (Wildman–Crippen MR) is 63.5 cm³/mol. The fraction of sp³-hybridized carbons (Fsp3) is 0.222. The van der Waals surface area contributed by atoms with Gasteiger partial charge in [0.2, 0.25) is 0 Å². The van der Waals surface area contributed by atoms with Crippen LogP contribution in [-0.2, 0) is 0 Å². The van der Waals surface area contributed by atoms with Gasteiger partial charge in [-0.05, 0) is 57.6 Å². The molecule has 0 radical (unpaired) electrons. The van der Waals surface area contributed by atoms with E-state index in [9.17, 15) is 13.6 Å². The zero-order chi connectivity index (χ0) is 11.6. The molecule has 0 saturated heterocycles. The Kier molecular flexibility index (Phi) is 4.45. The Bertz CT molecular complexity index is 396. The van der Waals surface area contributed by atoms with Crippen LogP contribution in [0.1, 0.15) is 17.3 Å². The molecule has 1 aromatic carbocycles. The number of ether oxygens (including phenoxy) is 1. The van der Waals surface area contributed by atoms with Crippen LogP contribution in [0.3, 0.4) is 0 Å². The molecule has 0 aromatic heterocycles. The van der Waals surface area contributed by atoms with E-state index in [0.29, 0.717) is 13.6 Å². The highest BCUT2D eigenvalue weighted by Crippen LogP contribution is 2.31. The van der Waals surface area contributed by atoms with Crippen molar-refractivity contribution in [2.24, 2.45) is 0 Å². The summed E-state index contributed by atoms with van der Waals surface area (Å²) in [6, 6.07) is 2.87. The van der Waals surface area contributed by atoms with Gasteiger partial charge in [0, 0.05) is 9.13 Å². The summed E-state index contributed by atoms with van der Waals surface area (Å²) >= 11 is 5.04. The van der Waals surface area contributed by atoms with E-state index in [1.165, 1.54) is 13.0 Å². The van der Waals surface area contributed by atoms with Gasteiger partial charge in [0.05, 0.1) is 4.47 Å². The standard InChI is InChI=1S/C9H6BrF2IO2/c1-4(14)5-2-8(15-9(11)12)6(10)3-7(5)13/h2-3,9H,1H3. The molecule has 0 saturated carbocycles. The summed E-state index contributed by atoms with van der Waals surface area (Å²) in [5.74, 6) is -0.221. The van der Waals surface area contributed by atoms with E-state index in [1.807, 2.05) is 22.6 Å². The zero-order valence-corrected chi connectivity index (χ0v) is 11.3. The Morgan fingerprint density at radius 3 is 2.60 bits per heavy atom. The number of carbonyl (C=O) groups excluding carboxylic acids is 1. The summed E-state index contributed by atoms with van der Waals surface area (Å²) in [4.78, 5) is 11.2. The highest BCUT2D eigenvalue weighted by molar-refractivity contribution is 14.1. The van der Waals surface area contributed by atoms with Crippen molar-refractivity contribution < 1.29 is 18.3 Å². The molecule has 0 atom stereocenters. The fourth-order valence-electron chi connectivity index (χ4n) is 0.985. The number of Topliss-reactive ketones (excluding diaryl/α,β-unsaturated/α-hetero) is 1. The van der Waals surface area contributed by atoms with Gasteiger partial charge in [-0.2, -0.15) is 8.78 Å². The first kappa shape index (κ1) is 12.8. The SMILES string of the molecule is CC(=O)c1cc(OC(F)F)c(Br)cc1I. The molecule has 0 fully saturated rings. The topological polar surface area (TPSA) is 26.3 Å². The quantitative estimate of drug-likeness (QED) is 0.578. The molecule has 0 heterocycles. The van der Waals surface area contributed by atoms with Crippen molar-refractivity contribution in [3.05, 3.63) is 25.7 Å². The highest BCUT2D eigenvalue weighted by Gasteiger charge is 2.13. The number of alkyl halides is 2. The van der Waals surface area contributed by atoms with Crippen LogP contribution in [0.25, 0.3) is 0 Å². The molecule has 0 spiro atoms. The number of benzene rings is 1. The smallest absolute Gasteiger partial charge is 0.387 e. The van der Waals surface area contributed by atoms with E-state index in [0.717, 1.165) is 0 Å². The maximum Gasteiger partial charge on any atom is 0.387 e. The fourth-order valence-corrected chi connectivity index (χ4v) is 2.70. The lowest BCUT2D eigenvalue weighted by atomic mass is 10.1. The van der Waals surface area contributed by atoms with E-state index in [2.05, 4.69) is 20.7 Å². The first-order valence-electron chi connectivity index (χ1n) is 3.86. The molecular weight excluding hydrogens is 385 g/mol. The van der Waals surface area contributed by atoms with Gasteiger partial charge < -0.3 is 4.74 Å². The van der Waals surface area contributed by atoms with Gasteiger partial charge in [0.1, 0.15) is 5.75 Å². The second kappa shape index (κ2) is 5.20. The summed E-state index contributed by atoms with van der Waals surface area (Å²) < 4.78 is 29.4. The summed E-state index contributed by atoms with van der Waals surface area (Å²) in [7, 11) is 0. The Labute approximate surface area is 107 Å². The normalized spacial score (nSPS) is 10.5. The molecule has 0 bridgehead atoms. The van der Waals surface area contributed by atoms with Crippen LogP contribution in [0.4, 0.5) is 8.78 Å². The van der Waals surface area contributed by atoms with Crippen molar-refractivity contribution in [1.29, 1.82) is 0 Å². The minimum absolute atomic E-state index is 0.0318. The van der Waals surface area contributed by atoms with Crippen LogP contribution in [-0.4, -0.2) is 12.4 Å². The summed E-state index contributed by atoms with van der Waals surface area (Å²) in [5.41, 5.74) is 0.370. The average molecular weight is 391 g/mol. The summed E-state index contributed by atoms with van der Waals surface area (Å²) in [6.45, 7) is -1.53. The third-order valence-electron chi connectivity index (χ3n) is 1.62. The van der Waals surface area contributed by atoms with E-state index < -0.39 is 6.61 Å². The first-order valence-corrected chi connectivity index (χ1v) is 5.73. The van der Waals surface area contributed by atoms with E-state index in [1.54, 1.807) is 6.07 Å². The maximum atomic E-state index is 12.0. The number of carbonyl (C=O) groups is 1. The third kappa shape index (κ3) is 3.37. The monoisotopic (exact) mass is 390 g/mol. The van der Waals surface area contributed by atoms with Crippen LogP contribution in [0.2, 0.25) is 0 Å². The minimum atomic E-state index is -2.90. The summed E-state index contributed by atoms with van der Waals surface area (Å²) in [6.07, 6.45) is 0. The zero-order valence-electron chi connectivity index (χ0n) is 7.56. The number of ketones is 1. The van der Waals surface area contributed by atoms with Gasteiger partial charge in [-0.3, -0.25) is 4.79 Å². The molecule has 0 aliphatic rings. The largest absolute Gasteiger partial charge is 0.434 e. The van der Waals surface area contributed by atoms with Crippen molar-refractivity contribution in [3.63, 3.8) is 0 Å². The van der Waals surface area contributed by atoms with Crippen LogP contribution >= 0.6 is 38.5 Å². The maximum absolute atomic E-state index is 12.0. The van der Waals surface area contributed by atoms with Crippen LogP contribution in [0.15, 0.2) is 16.6 Å². The molecule has 6 heteroatoms. The minimum Gasteiger partial charge on any atom is -0.434 e. The van der Waals surface area contributed by atoms with E-state index in [-0.39, 0.29) is 11.5 Å². The van der Waals surface area contributed by atoms with Gasteiger partial charge in [-0.1, -0.05) is 0 Å². The van der Waals surface area contributed by atoms with Crippen LogP contribution in [0.5, 0.6) is 5.75 Å². The lowest BCUT2D eigenvalue weighted by Gasteiger charge is -2.09. The Morgan fingerprint density at radius 1 is 1.53 bits per heavy atom. The molecule has 82 valence electrons. The van der Waals surface area contributed by atoms with Crippen molar-refractivity contribution in [2.45, 2.75) is 13.5 Å². The molecule has 15 heavy (non-hydrogen) atoms. The Hall–Kier alpha value is -0.240. The molecule has 2 nitrogen and oxygen atoms in total. The van der Waals surface area contributed by atoms with Gasteiger partial charge in [0.25, 0.3) is 0 Å². The molecule has 0 aliphatic heterocycles. The second-order valence-electron chi connectivity index (χ2n) is 2.70. The Morgan fingerprint density at radius 2 is 2.13 bits per heavy atom. The lowest BCUT2D eigenvalue weighted by molar-refractivity contribution is -0.0504. The Balaban J connectivity index is 3.17. The third-order valence-corrected chi connectivity index (χ3v) is 3.13. The number of hydrogen-bond acceptors (Lipinski definition) is 2. The molecular formula is C9H6BrF2IO2. The van der Waals surface area contributed by atoms with Crippen LogP contribution in [0, 0.1) is 3.57 Å². The molecule has 0 aliphatic carbocycles. The average Bonchev–Trinajstić information content (AvgIpc) is 2.08. The molecule has 1 aromatic rings. The van der Waals surface area contributed by atoms with Crippen molar-refractivity contribution in [2.75, 3.05) is 0 Å².